The van der Waals surface area contributed by atoms with E-state index in [2.05, 4.69) is 10.6 Å². The second kappa shape index (κ2) is 11.5. The van der Waals surface area contributed by atoms with Crippen LogP contribution in [0.2, 0.25) is 0 Å². The molecule has 2 rings (SSSR count). The van der Waals surface area contributed by atoms with E-state index in [0.29, 0.717) is 5.56 Å². The zero-order valence-corrected chi connectivity index (χ0v) is 20.7. The predicted molar refractivity (Wildman–Crippen MR) is 127 cm³/mol. The highest BCUT2D eigenvalue weighted by Gasteiger charge is 2.44. The zero-order valence-electron chi connectivity index (χ0n) is 20.7. The number of hydrogen-bond donors (Lipinski definition) is 3. The summed E-state index contributed by atoms with van der Waals surface area (Å²) in [6.45, 7) is 10.5. The number of carbonyl (C=O) groups excluding carboxylic acids is 3. The van der Waals surface area contributed by atoms with Crippen LogP contribution in [0.1, 0.15) is 77.5 Å². The normalized spacial score (nSPS) is 16.3. The molecule has 1 aromatic carbocycles. The SMILES string of the molecule is CCCC(C)NC(=O)C(c1ccc(C)cc1)N(C(=O)C(CO)NC(=O)OC(C)(C)C)C1CC1. The summed E-state index contributed by atoms with van der Waals surface area (Å²) in [4.78, 5) is 40.8. The fourth-order valence-corrected chi connectivity index (χ4v) is 3.70. The lowest BCUT2D eigenvalue weighted by Crippen LogP contribution is -2.55. The number of aryl methyl sites for hydroxylation is 1. The molecule has 3 amide bonds. The van der Waals surface area contributed by atoms with Gasteiger partial charge in [-0.2, -0.15) is 0 Å². The van der Waals surface area contributed by atoms with Crippen LogP contribution in [-0.2, 0) is 14.3 Å². The van der Waals surface area contributed by atoms with Crippen molar-refractivity contribution < 1.29 is 24.2 Å². The van der Waals surface area contributed by atoms with Gasteiger partial charge < -0.3 is 25.4 Å². The highest BCUT2D eigenvalue weighted by molar-refractivity contribution is 5.92. The van der Waals surface area contributed by atoms with Crippen molar-refractivity contribution in [2.75, 3.05) is 6.61 Å². The quantitative estimate of drug-likeness (QED) is 0.496. The van der Waals surface area contributed by atoms with E-state index in [1.54, 1.807) is 20.8 Å². The average molecular weight is 462 g/mol. The standard InChI is InChI=1S/C25H39N3O5/c1-7-8-17(3)26-22(30)21(18-11-9-16(2)10-12-18)28(19-13-14-19)23(31)20(15-29)27-24(32)33-25(4,5)6/h9-12,17,19-21,29H,7-8,13-15H2,1-6H3,(H,26,30)(H,27,32). The van der Waals surface area contributed by atoms with Gasteiger partial charge >= 0.3 is 6.09 Å². The summed E-state index contributed by atoms with van der Waals surface area (Å²) in [5.41, 5.74) is 0.987. The van der Waals surface area contributed by atoms with Crippen LogP contribution in [0, 0.1) is 6.92 Å². The molecule has 0 radical (unpaired) electrons. The van der Waals surface area contributed by atoms with Gasteiger partial charge in [0.2, 0.25) is 11.8 Å². The van der Waals surface area contributed by atoms with Gasteiger partial charge in [-0.15, -0.1) is 0 Å². The molecule has 0 aliphatic heterocycles. The van der Waals surface area contributed by atoms with Crippen LogP contribution in [0.15, 0.2) is 24.3 Å². The van der Waals surface area contributed by atoms with Gasteiger partial charge in [-0.05, 0) is 59.4 Å². The molecule has 3 N–H and O–H groups in total. The maximum atomic E-state index is 13.6. The molecule has 3 atom stereocenters. The second-order valence-corrected chi connectivity index (χ2v) is 9.87. The fraction of sp³-hybridized carbons (Fsp3) is 0.640. The number of nitrogens with one attached hydrogen (secondary N) is 2. The molecular formula is C25H39N3O5. The molecular weight excluding hydrogens is 422 g/mol. The van der Waals surface area contributed by atoms with Gasteiger partial charge in [-0.1, -0.05) is 43.2 Å². The predicted octanol–water partition coefficient (Wildman–Crippen LogP) is 3.22. The Balaban J connectivity index is 2.35. The molecule has 1 fully saturated rings. The minimum absolute atomic E-state index is 0.0415. The van der Waals surface area contributed by atoms with Crippen LogP contribution in [0.5, 0.6) is 0 Å². The van der Waals surface area contributed by atoms with Crippen molar-refractivity contribution >= 4 is 17.9 Å². The molecule has 3 unspecified atom stereocenters. The van der Waals surface area contributed by atoms with Gasteiger partial charge in [0.1, 0.15) is 17.7 Å². The largest absolute Gasteiger partial charge is 0.444 e. The van der Waals surface area contributed by atoms with E-state index in [1.807, 2.05) is 45.0 Å². The van der Waals surface area contributed by atoms with Crippen molar-refractivity contribution in [3.63, 3.8) is 0 Å². The van der Waals surface area contributed by atoms with E-state index in [0.717, 1.165) is 31.2 Å². The number of ether oxygens (including phenoxy) is 1. The summed E-state index contributed by atoms with van der Waals surface area (Å²) in [6, 6.07) is 5.26. The Hall–Kier alpha value is -2.61. The summed E-state index contributed by atoms with van der Waals surface area (Å²) in [5.74, 6) is -0.774. The first-order valence-corrected chi connectivity index (χ1v) is 11.8. The lowest BCUT2D eigenvalue weighted by molar-refractivity contribution is -0.144. The zero-order chi connectivity index (χ0) is 24.8. The number of rotatable bonds is 10. The summed E-state index contributed by atoms with van der Waals surface area (Å²) in [5, 5.41) is 15.4. The number of carbonyl (C=O) groups is 3. The van der Waals surface area contributed by atoms with Crippen LogP contribution in [0.25, 0.3) is 0 Å². The number of benzene rings is 1. The second-order valence-electron chi connectivity index (χ2n) is 9.87. The number of aliphatic hydroxyl groups excluding tert-OH is 1. The number of amides is 3. The van der Waals surface area contributed by atoms with Crippen molar-refractivity contribution in [3.8, 4) is 0 Å². The first-order valence-electron chi connectivity index (χ1n) is 11.8. The molecule has 0 spiro atoms. The molecule has 1 saturated carbocycles. The van der Waals surface area contributed by atoms with Gasteiger partial charge in [0.25, 0.3) is 0 Å². The van der Waals surface area contributed by atoms with Gasteiger partial charge in [-0.25, -0.2) is 4.79 Å². The molecule has 0 saturated heterocycles. The van der Waals surface area contributed by atoms with Gasteiger partial charge in [0.05, 0.1) is 6.61 Å². The lowest BCUT2D eigenvalue weighted by Gasteiger charge is -2.35. The van der Waals surface area contributed by atoms with Crippen molar-refractivity contribution in [1.82, 2.24) is 15.5 Å². The lowest BCUT2D eigenvalue weighted by atomic mass is 10.0. The molecule has 0 heterocycles. The van der Waals surface area contributed by atoms with Crippen molar-refractivity contribution in [3.05, 3.63) is 35.4 Å². The number of nitrogens with zero attached hydrogens (tertiary/aromatic N) is 1. The Kier molecular flexibility index (Phi) is 9.28. The van der Waals surface area contributed by atoms with E-state index in [4.69, 9.17) is 4.74 Å². The molecule has 8 nitrogen and oxygen atoms in total. The average Bonchev–Trinajstić information content (AvgIpc) is 3.54. The van der Waals surface area contributed by atoms with Crippen LogP contribution in [0.3, 0.4) is 0 Å². The van der Waals surface area contributed by atoms with Crippen molar-refractivity contribution in [1.29, 1.82) is 0 Å². The van der Waals surface area contributed by atoms with E-state index in [-0.39, 0.29) is 18.0 Å². The number of aliphatic hydroxyl groups is 1. The smallest absolute Gasteiger partial charge is 0.408 e. The van der Waals surface area contributed by atoms with Gasteiger partial charge in [-0.3, -0.25) is 9.59 Å². The topological polar surface area (TPSA) is 108 Å². The summed E-state index contributed by atoms with van der Waals surface area (Å²) in [6.07, 6.45) is 2.48. The van der Waals surface area contributed by atoms with E-state index < -0.39 is 36.3 Å². The summed E-state index contributed by atoms with van der Waals surface area (Å²) in [7, 11) is 0. The molecule has 0 aromatic heterocycles. The van der Waals surface area contributed by atoms with Crippen LogP contribution in [0.4, 0.5) is 4.79 Å². The highest BCUT2D eigenvalue weighted by atomic mass is 16.6. The molecule has 8 heteroatoms. The monoisotopic (exact) mass is 461 g/mol. The van der Waals surface area contributed by atoms with Gasteiger partial charge in [0.15, 0.2) is 0 Å². The first kappa shape index (κ1) is 26.6. The van der Waals surface area contributed by atoms with Gasteiger partial charge in [0, 0.05) is 12.1 Å². The maximum Gasteiger partial charge on any atom is 0.408 e. The minimum Gasteiger partial charge on any atom is -0.444 e. The minimum atomic E-state index is -1.21. The third-order valence-electron chi connectivity index (χ3n) is 5.40. The Morgan fingerprint density at radius 3 is 2.24 bits per heavy atom. The fourth-order valence-electron chi connectivity index (χ4n) is 3.70. The molecule has 1 aromatic rings. The highest BCUT2D eigenvalue weighted by Crippen LogP contribution is 2.35. The van der Waals surface area contributed by atoms with E-state index in [1.165, 1.54) is 4.90 Å². The Bertz CT molecular complexity index is 814. The summed E-state index contributed by atoms with van der Waals surface area (Å²) < 4.78 is 5.25. The van der Waals surface area contributed by atoms with Crippen LogP contribution >= 0.6 is 0 Å². The van der Waals surface area contributed by atoms with E-state index >= 15 is 0 Å². The molecule has 1 aliphatic rings. The third kappa shape index (κ3) is 8.03. The van der Waals surface area contributed by atoms with Crippen LogP contribution < -0.4 is 10.6 Å². The van der Waals surface area contributed by atoms with Crippen molar-refractivity contribution in [2.45, 2.75) is 97.0 Å². The van der Waals surface area contributed by atoms with E-state index in [9.17, 15) is 19.5 Å². The molecule has 0 bridgehead atoms. The molecule has 1 aliphatic carbocycles. The number of alkyl carbamates (subject to hydrolysis) is 1. The first-order chi connectivity index (χ1) is 15.5. The van der Waals surface area contributed by atoms with Crippen LogP contribution in [-0.4, -0.2) is 58.2 Å². The van der Waals surface area contributed by atoms with Crippen molar-refractivity contribution in [2.24, 2.45) is 0 Å². The molecule has 184 valence electrons. The maximum absolute atomic E-state index is 13.6. The Morgan fingerprint density at radius 1 is 1.15 bits per heavy atom. The third-order valence-corrected chi connectivity index (χ3v) is 5.40. The summed E-state index contributed by atoms with van der Waals surface area (Å²) >= 11 is 0. The Labute approximate surface area is 197 Å². The molecule has 33 heavy (non-hydrogen) atoms. The number of hydrogen-bond acceptors (Lipinski definition) is 5. The Morgan fingerprint density at radius 2 is 1.76 bits per heavy atom.